The topological polar surface area (TPSA) is 55.4 Å². The molecular weight excluding hydrogens is 461 g/mol. The van der Waals surface area contributed by atoms with Gasteiger partial charge < -0.3 is 24.7 Å². The van der Waals surface area contributed by atoms with Crippen LogP contribution < -0.4 is 0 Å². The van der Waals surface area contributed by atoms with Crippen molar-refractivity contribution in [3.8, 4) is 0 Å². The normalized spacial score (nSPS) is 15.3. The lowest BCUT2D eigenvalue weighted by atomic mass is 11.8. The lowest BCUT2D eigenvalue weighted by molar-refractivity contribution is 0.223. The molecule has 0 rings (SSSR count). The minimum absolute atomic E-state index is 0.209. The molecule has 13 heteroatoms. The van der Waals surface area contributed by atoms with Gasteiger partial charge in [0.1, 0.15) is 0 Å². The first-order valence-electron chi connectivity index (χ1n) is 9.45. The summed E-state index contributed by atoms with van der Waals surface area (Å²) in [5, 5.41) is 0. The second-order valence-corrected chi connectivity index (χ2v) is 36.3. The van der Waals surface area contributed by atoms with Crippen LogP contribution in [-0.2, 0) is 24.7 Å². The van der Waals surface area contributed by atoms with Crippen molar-refractivity contribution in [2.75, 3.05) is 0 Å². The van der Waals surface area contributed by atoms with Gasteiger partial charge in [-0.2, -0.15) is 0 Å². The average molecular weight is 503 g/mol. The van der Waals surface area contributed by atoms with Crippen LogP contribution in [0.15, 0.2) is 0 Å². The van der Waals surface area contributed by atoms with Crippen molar-refractivity contribution in [1.82, 2.24) is 0 Å². The van der Waals surface area contributed by atoms with Gasteiger partial charge in [0.15, 0.2) is 33.3 Å². The van der Waals surface area contributed by atoms with E-state index < -0.39 is 50.9 Å². The molecule has 0 saturated heterocycles. The highest BCUT2D eigenvalue weighted by molar-refractivity contribution is 6.88. The Morgan fingerprint density at radius 1 is 0.370 bits per heavy atom. The molecular formula is C14H42O6Si7. The van der Waals surface area contributed by atoms with Gasteiger partial charge >= 0.3 is 27.6 Å². The molecule has 0 fully saturated rings. The molecule has 0 amide bonds. The van der Waals surface area contributed by atoms with Gasteiger partial charge in [-0.3, -0.25) is 0 Å². The monoisotopic (exact) mass is 502 g/mol. The molecule has 162 valence electrons. The maximum absolute atomic E-state index is 6.36. The van der Waals surface area contributed by atoms with Crippen LogP contribution in [0.5, 0.6) is 0 Å². The van der Waals surface area contributed by atoms with Gasteiger partial charge in [0.2, 0.25) is 0 Å². The molecule has 0 aliphatic carbocycles. The fraction of sp³-hybridized carbons (Fsp3) is 1.00. The molecule has 0 saturated carbocycles. The van der Waals surface area contributed by atoms with E-state index >= 15 is 0 Å². The molecule has 0 unspecified atom stereocenters. The summed E-state index contributed by atoms with van der Waals surface area (Å²) in [5.74, 6) is 0. The number of rotatable bonds is 12. The van der Waals surface area contributed by atoms with Crippen molar-refractivity contribution in [2.24, 2.45) is 0 Å². The predicted octanol–water partition coefficient (Wildman–Crippen LogP) is 5.10. The molecule has 6 nitrogen and oxygen atoms in total. The maximum Gasteiger partial charge on any atom is 0.467 e. The summed E-state index contributed by atoms with van der Waals surface area (Å²) in [5.41, 5.74) is 0. The highest BCUT2D eigenvalue weighted by Crippen LogP contribution is 2.24. The summed E-state index contributed by atoms with van der Waals surface area (Å²) in [4.78, 5) is 0. The first-order valence-corrected chi connectivity index (χ1v) is 28.3. The van der Waals surface area contributed by atoms with Crippen molar-refractivity contribution in [3.05, 3.63) is 0 Å². The van der Waals surface area contributed by atoms with Gasteiger partial charge in [-0.25, -0.2) is 0 Å². The summed E-state index contributed by atoms with van der Waals surface area (Å²) in [6.45, 7) is 29.8. The largest absolute Gasteiger partial charge is 0.467 e. The molecule has 0 aromatic heterocycles. The zero-order valence-electron chi connectivity index (χ0n) is 19.9. The fourth-order valence-corrected chi connectivity index (χ4v) is 25.3. The molecule has 0 aromatic carbocycles. The Hall–Kier alpha value is 1.28. The van der Waals surface area contributed by atoms with Gasteiger partial charge in [-0.1, -0.05) is 0 Å². The van der Waals surface area contributed by atoms with Crippen molar-refractivity contribution >= 4 is 60.9 Å². The molecule has 0 heterocycles. The van der Waals surface area contributed by atoms with Crippen molar-refractivity contribution in [2.45, 2.75) is 91.7 Å². The van der Waals surface area contributed by atoms with Gasteiger partial charge in [-0.05, 0) is 78.6 Å². The first kappa shape index (κ1) is 28.3. The smallest absolute Gasteiger partial charge is 0.417 e. The van der Waals surface area contributed by atoms with E-state index in [1.807, 2.05) is 13.1 Å². The molecule has 2 radical (unpaired) electrons. The molecule has 0 aromatic rings. The van der Waals surface area contributed by atoms with Crippen LogP contribution in [0.3, 0.4) is 0 Å². The summed E-state index contributed by atoms with van der Waals surface area (Å²) in [6, 6.07) is 0. The van der Waals surface area contributed by atoms with Crippen LogP contribution in [0.25, 0.3) is 0 Å². The Morgan fingerprint density at radius 2 is 0.556 bits per heavy atom. The summed E-state index contributed by atoms with van der Waals surface area (Å²) in [6.07, 6.45) is 0. The Bertz CT molecular complexity index is 391. The average Bonchev–Trinajstić information content (AvgIpc) is 2.14. The third kappa shape index (κ3) is 15.7. The van der Waals surface area contributed by atoms with E-state index in [0.717, 1.165) is 0 Å². The van der Waals surface area contributed by atoms with E-state index in [2.05, 4.69) is 78.6 Å². The van der Waals surface area contributed by atoms with Crippen LogP contribution in [0.4, 0.5) is 0 Å². The Kier molecular flexibility index (Phi) is 10.1. The van der Waals surface area contributed by atoms with Crippen molar-refractivity contribution in [3.63, 3.8) is 0 Å². The predicted molar refractivity (Wildman–Crippen MR) is 129 cm³/mol. The van der Waals surface area contributed by atoms with E-state index in [-0.39, 0.29) is 10.0 Å². The molecule has 0 bridgehead atoms. The SMILES string of the molecule is C[Si](C)(C)O[Si](C)(O[Si]O[Si](C)(O[Si](C)(C)C)O[Si](C)(C)C)O[Si](C)(C)C. The molecule has 0 spiro atoms. The van der Waals surface area contributed by atoms with Gasteiger partial charge in [0, 0.05) is 13.1 Å². The Morgan fingerprint density at radius 3 is 0.704 bits per heavy atom. The van der Waals surface area contributed by atoms with E-state index in [4.69, 9.17) is 24.7 Å². The van der Waals surface area contributed by atoms with Crippen molar-refractivity contribution in [1.29, 1.82) is 0 Å². The number of hydrogen-bond acceptors (Lipinski definition) is 6. The summed E-state index contributed by atoms with van der Waals surface area (Å²) in [7, 11) is -13.1. The van der Waals surface area contributed by atoms with Crippen LogP contribution in [0.1, 0.15) is 0 Å². The van der Waals surface area contributed by atoms with Gasteiger partial charge in [0.05, 0.1) is 0 Å². The Labute approximate surface area is 177 Å². The fourth-order valence-electron chi connectivity index (χ4n) is 2.52. The zero-order chi connectivity index (χ0) is 21.9. The standard InChI is InChI=1S/C14H42O6Si7/c1-22(2,3)17-26(13,18-23(4,5)6)15-21-16-27(14,19-24(7,8)9)20-25(10,11)12/h1-14H3. The maximum atomic E-state index is 6.36. The quantitative estimate of drug-likeness (QED) is 0.346. The summed E-state index contributed by atoms with van der Waals surface area (Å²) >= 11 is 0. The molecule has 0 aliphatic heterocycles. The highest BCUT2D eigenvalue weighted by Gasteiger charge is 2.47. The summed E-state index contributed by atoms with van der Waals surface area (Å²) < 4.78 is 37.8. The molecule has 0 aliphatic rings. The first-order chi connectivity index (χ1) is 11.5. The minimum Gasteiger partial charge on any atom is -0.417 e. The van der Waals surface area contributed by atoms with Crippen LogP contribution >= 0.6 is 0 Å². The zero-order valence-corrected chi connectivity index (χ0v) is 26.9. The lowest BCUT2D eigenvalue weighted by Gasteiger charge is -2.39. The van der Waals surface area contributed by atoms with Crippen LogP contribution in [0.2, 0.25) is 91.7 Å². The third-order valence-electron chi connectivity index (χ3n) is 2.42. The molecule has 0 N–H and O–H groups in total. The van der Waals surface area contributed by atoms with Crippen LogP contribution in [0, 0.1) is 0 Å². The highest BCUT2D eigenvalue weighted by atomic mass is 28.5. The number of hydrogen-bond donors (Lipinski definition) is 0. The lowest BCUT2D eigenvalue weighted by Crippen LogP contribution is -2.58. The molecule has 0 atom stereocenters. The third-order valence-corrected chi connectivity index (χ3v) is 21.8. The van der Waals surface area contributed by atoms with Crippen molar-refractivity contribution < 1.29 is 24.7 Å². The minimum atomic E-state index is -2.79. The van der Waals surface area contributed by atoms with E-state index in [0.29, 0.717) is 0 Å². The Balaban J connectivity index is 5.25. The second-order valence-electron chi connectivity index (χ2n) is 10.9. The van der Waals surface area contributed by atoms with E-state index in [9.17, 15) is 0 Å². The second kappa shape index (κ2) is 9.61. The molecule has 27 heavy (non-hydrogen) atoms. The van der Waals surface area contributed by atoms with E-state index in [1.165, 1.54) is 0 Å². The van der Waals surface area contributed by atoms with Crippen LogP contribution in [-0.4, -0.2) is 60.9 Å². The van der Waals surface area contributed by atoms with E-state index in [1.54, 1.807) is 0 Å². The van der Waals surface area contributed by atoms with Gasteiger partial charge in [-0.15, -0.1) is 0 Å². The van der Waals surface area contributed by atoms with Gasteiger partial charge in [0.25, 0.3) is 0 Å².